The molecule has 0 amide bonds. The SMILES string of the molecule is COCCCSCCS(=O)(=O)c1cccc(C#N)c1. The summed E-state index contributed by atoms with van der Waals surface area (Å²) < 4.78 is 29.0. The largest absolute Gasteiger partial charge is 0.385 e. The summed E-state index contributed by atoms with van der Waals surface area (Å²) in [5, 5.41) is 8.76. The topological polar surface area (TPSA) is 67.2 Å². The number of nitriles is 1. The molecule has 1 aromatic rings. The van der Waals surface area contributed by atoms with Crippen molar-refractivity contribution in [3.8, 4) is 6.07 Å². The van der Waals surface area contributed by atoms with E-state index in [-0.39, 0.29) is 10.6 Å². The van der Waals surface area contributed by atoms with Crippen LogP contribution in [0.15, 0.2) is 29.2 Å². The number of hydrogen-bond donors (Lipinski definition) is 0. The van der Waals surface area contributed by atoms with Crippen LogP contribution in [0, 0.1) is 11.3 Å². The summed E-state index contributed by atoms with van der Waals surface area (Å²) in [6, 6.07) is 8.09. The van der Waals surface area contributed by atoms with E-state index in [1.54, 1.807) is 31.0 Å². The van der Waals surface area contributed by atoms with Gasteiger partial charge in [0.1, 0.15) is 0 Å². The van der Waals surface area contributed by atoms with Crippen molar-refractivity contribution in [2.45, 2.75) is 11.3 Å². The summed E-state index contributed by atoms with van der Waals surface area (Å²) in [6.45, 7) is 0.698. The van der Waals surface area contributed by atoms with Crippen LogP contribution in [0.3, 0.4) is 0 Å². The lowest BCUT2D eigenvalue weighted by Gasteiger charge is -2.05. The zero-order valence-electron chi connectivity index (χ0n) is 10.8. The summed E-state index contributed by atoms with van der Waals surface area (Å²) in [5.74, 6) is 1.55. The molecule has 19 heavy (non-hydrogen) atoms. The van der Waals surface area contributed by atoms with Crippen LogP contribution in [0.5, 0.6) is 0 Å². The van der Waals surface area contributed by atoms with Gasteiger partial charge in [-0.05, 0) is 30.4 Å². The van der Waals surface area contributed by atoms with Gasteiger partial charge in [-0.2, -0.15) is 17.0 Å². The highest BCUT2D eigenvalue weighted by Crippen LogP contribution is 2.15. The Morgan fingerprint density at radius 2 is 2.16 bits per heavy atom. The first-order valence-electron chi connectivity index (χ1n) is 5.90. The molecule has 0 spiro atoms. The van der Waals surface area contributed by atoms with Gasteiger partial charge in [-0.25, -0.2) is 8.42 Å². The normalized spacial score (nSPS) is 11.2. The first-order chi connectivity index (χ1) is 9.10. The molecule has 0 aromatic heterocycles. The number of rotatable bonds is 8. The smallest absolute Gasteiger partial charge is 0.179 e. The van der Waals surface area contributed by atoms with Crippen molar-refractivity contribution < 1.29 is 13.2 Å². The Labute approximate surface area is 118 Å². The number of benzene rings is 1. The molecule has 0 saturated heterocycles. The standard InChI is InChI=1S/C13H17NO3S2/c1-17-6-3-7-18-8-9-19(15,16)13-5-2-4-12(10-13)11-14/h2,4-5,10H,3,6-9H2,1H3. The fourth-order valence-corrected chi connectivity index (χ4v) is 4.16. The maximum atomic E-state index is 12.0. The van der Waals surface area contributed by atoms with Crippen LogP contribution in [0.2, 0.25) is 0 Å². The lowest BCUT2D eigenvalue weighted by Crippen LogP contribution is -2.09. The van der Waals surface area contributed by atoms with Gasteiger partial charge >= 0.3 is 0 Å². The molecule has 104 valence electrons. The van der Waals surface area contributed by atoms with Gasteiger partial charge in [0.15, 0.2) is 9.84 Å². The Kier molecular flexibility index (Phi) is 6.92. The summed E-state index contributed by atoms with van der Waals surface area (Å²) in [7, 11) is -1.64. The summed E-state index contributed by atoms with van der Waals surface area (Å²) in [5.41, 5.74) is 0.369. The lowest BCUT2D eigenvalue weighted by atomic mass is 10.2. The first kappa shape index (κ1) is 16.0. The lowest BCUT2D eigenvalue weighted by molar-refractivity contribution is 0.200. The van der Waals surface area contributed by atoms with E-state index in [1.165, 1.54) is 12.1 Å². The second-order valence-electron chi connectivity index (χ2n) is 3.92. The predicted molar refractivity (Wildman–Crippen MR) is 77.0 cm³/mol. The summed E-state index contributed by atoms with van der Waals surface area (Å²) in [4.78, 5) is 0.226. The zero-order valence-corrected chi connectivity index (χ0v) is 12.5. The van der Waals surface area contributed by atoms with Gasteiger partial charge in [0.05, 0.1) is 22.3 Å². The summed E-state index contributed by atoms with van der Waals surface area (Å²) in [6.07, 6.45) is 0.922. The molecule has 0 heterocycles. The average Bonchev–Trinajstić information content (AvgIpc) is 2.43. The third-order valence-electron chi connectivity index (χ3n) is 2.46. The van der Waals surface area contributed by atoms with Crippen LogP contribution < -0.4 is 0 Å². The van der Waals surface area contributed by atoms with E-state index >= 15 is 0 Å². The third kappa shape index (κ3) is 5.64. The van der Waals surface area contributed by atoms with Gasteiger partial charge in [-0.3, -0.25) is 0 Å². The zero-order chi connectivity index (χ0) is 14.1. The number of ether oxygens (including phenoxy) is 1. The van der Waals surface area contributed by atoms with E-state index in [0.29, 0.717) is 17.9 Å². The van der Waals surface area contributed by atoms with Crippen LogP contribution >= 0.6 is 11.8 Å². The van der Waals surface area contributed by atoms with E-state index in [9.17, 15) is 8.42 Å². The molecule has 4 nitrogen and oxygen atoms in total. The van der Waals surface area contributed by atoms with E-state index in [2.05, 4.69) is 0 Å². The third-order valence-corrected chi connectivity index (χ3v) is 5.50. The average molecular weight is 299 g/mol. The monoisotopic (exact) mass is 299 g/mol. The van der Waals surface area contributed by atoms with E-state index in [0.717, 1.165) is 12.2 Å². The molecule has 0 fully saturated rings. The molecule has 0 bridgehead atoms. The van der Waals surface area contributed by atoms with Gasteiger partial charge in [-0.1, -0.05) is 6.07 Å². The van der Waals surface area contributed by atoms with Gasteiger partial charge < -0.3 is 4.74 Å². The van der Waals surface area contributed by atoms with Crippen LogP contribution in [0.4, 0.5) is 0 Å². The maximum absolute atomic E-state index is 12.0. The van der Waals surface area contributed by atoms with Crippen molar-refractivity contribution in [2.75, 3.05) is 31.0 Å². The van der Waals surface area contributed by atoms with Crippen molar-refractivity contribution in [1.82, 2.24) is 0 Å². The fourth-order valence-electron chi connectivity index (χ4n) is 1.45. The van der Waals surface area contributed by atoms with Crippen molar-refractivity contribution >= 4 is 21.6 Å². The molecular formula is C13H17NO3S2. The Morgan fingerprint density at radius 3 is 2.84 bits per heavy atom. The minimum absolute atomic E-state index is 0.0968. The number of hydrogen-bond acceptors (Lipinski definition) is 5. The van der Waals surface area contributed by atoms with Crippen LogP contribution in [0.1, 0.15) is 12.0 Å². The van der Waals surface area contributed by atoms with Gasteiger partial charge in [0, 0.05) is 19.5 Å². The number of methoxy groups -OCH3 is 1. The maximum Gasteiger partial charge on any atom is 0.179 e. The van der Waals surface area contributed by atoms with Crippen molar-refractivity contribution in [1.29, 1.82) is 5.26 Å². The second-order valence-corrected chi connectivity index (χ2v) is 7.25. The van der Waals surface area contributed by atoms with E-state index in [4.69, 9.17) is 10.00 Å². The van der Waals surface area contributed by atoms with Crippen molar-refractivity contribution in [3.05, 3.63) is 29.8 Å². The molecule has 1 rings (SSSR count). The molecule has 0 radical (unpaired) electrons. The second kappa shape index (κ2) is 8.20. The van der Waals surface area contributed by atoms with Crippen LogP contribution in [-0.4, -0.2) is 39.4 Å². The van der Waals surface area contributed by atoms with Crippen molar-refractivity contribution in [2.24, 2.45) is 0 Å². The highest BCUT2D eigenvalue weighted by Gasteiger charge is 2.14. The quantitative estimate of drug-likeness (QED) is 0.688. The van der Waals surface area contributed by atoms with Crippen molar-refractivity contribution in [3.63, 3.8) is 0 Å². The molecule has 0 unspecified atom stereocenters. The molecule has 1 aromatic carbocycles. The van der Waals surface area contributed by atoms with Crippen LogP contribution in [0.25, 0.3) is 0 Å². The Morgan fingerprint density at radius 1 is 1.37 bits per heavy atom. The first-order valence-corrected chi connectivity index (χ1v) is 8.70. The summed E-state index contributed by atoms with van der Waals surface area (Å²) >= 11 is 1.60. The highest BCUT2D eigenvalue weighted by molar-refractivity contribution is 8.00. The Hall–Kier alpha value is -1.03. The van der Waals surface area contributed by atoms with Gasteiger partial charge in [0.2, 0.25) is 0 Å². The minimum atomic E-state index is -3.29. The fraction of sp³-hybridized carbons (Fsp3) is 0.462. The molecule has 0 N–H and O–H groups in total. The Bertz CT molecular complexity index is 535. The number of thioether (sulfide) groups is 1. The highest BCUT2D eigenvalue weighted by atomic mass is 32.2. The minimum Gasteiger partial charge on any atom is -0.385 e. The van der Waals surface area contributed by atoms with Crippen LogP contribution in [-0.2, 0) is 14.6 Å². The van der Waals surface area contributed by atoms with Gasteiger partial charge in [0.25, 0.3) is 0 Å². The van der Waals surface area contributed by atoms with Gasteiger partial charge in [-0.15, -0.1) is 0 Å². The number of nitrogens with zero attached hydrogens (tertiary/aromatic N) is 1. The number of sulfone groups is 1. The molecule has 0 aliphatic rings. The Balaban J connectivity index is 2.49. The predicted octanol–water partition coefficient (Wildman–Crippen LogP) is 2.10. The van der Waals surface area contributed by atoms with E-state index < -0.39 is 9.84 Å². The molecule has 0 atom stereocenters. The molecule has 0 saturated carbocycles. The molecule has 0 aliphatic carbocycles. The van der Waals surface area contributed by atoms with E-state index in [1.807, 2.05) is 6.07 Å². The molecule has 6 heteroatoms. The molecule has 0 aliphatic heterocycles. The molecular weight excluding hydrogens is 282 g/mol.